The predicted octanol–water partition coefficient (Wildman–Crippen LogP) is 4.07. The van der Waals surface area contributed by atoms with Crippen molar-refractivity contribution in [3.63, 3.8) is 0 Å². The van der Waals surface area contributed by atoms with E-state index in [1.807, 2.05) is 0 Å². The molecule has 0 aromatic heterocycles. The Morgan fingerprint density at radius 1 is 1.17 bits per heavy atom. The van der Waals surface area contributed by atoms with E-state index in [1.165, 1.54) is 11.6 Å². The highest BCUT2D eigenvalue weighted by Gasteiger charge is 2.57. The van der Waals surface area contributed by atoms with Gasteiger partial charge in [0.05, 0.1) is 5.41 Å². The predicted molar refractivity (Wildman–Crippen MR) is 119 cm³/mol. The lowest BCUT2D eigenvalue weighted by Crippen LogP contribution is -2.39. The standard InChI is InChI=1S/C24H28F2O8S/c1-12-5-14(3)19(16-8-15(16)6-12)32-11-33-21(27)23(4)9-13(2)7-17-18(10-23)20(17)34-22(28)24(25,26)35(29,30)31/h6-7,10,12-14,20H,5,8-9,11H2,1-4H3,(H,29,30,31). The molecule has 0 saturated heterocycles. The van der Waals surface area contributed by atoms with Crippen LogP contribution in [0.25, 0.3) is 0 Å². The van der Waals surface area contributed by atoms with Crippen LogP contribution in [0.3, 0.4) is 0 Å². The number of hydrogen-bond donors (Lipinski definition) is 1. The Bertz CT molecular complexity index is 1200. The van der Waals surface area contributed by atoms with Crippen molar-refractivity contribution in [1.29, 1.82) is 0 Å². The lowest BCUT2D eigenvalue weighted by atomic mass is 9.81. The molecule has 0 aromatic carbocycles. The van der Waals surface area contributed by atoms with Gasteiger partial charge in [-0.3, -0.25) is 9.35 Å². The summed E-state index contributed by atoms with van der Waals surface area (Å²) in [4.78, 5) is 24.7. The summed E-state index contributed by atoms with van der Waals surface area (Å²) in [6.07, 6.45) is 6.36. The van der Waals surface area contributed by atoms with Crippen LogP contribution < -0.4 is 0 Å². The van der Waals surface area contributed by atoms with Crippen LogP contribution in [0.5, 0.6) is 0 Å². The Morgan fingerprint density at radius 3 is 2.51 bits per heavy atom. The quantitative estimate of drug-likeness (QED) is 0.307. The fraction of sp³-hybridized carbons (Fsp3) is 0.583. The van der Waals surface area contributed by atoms with Crippen molar-refractivity contribution in [3.05, 3.63) is 46.3 Å². The molecule has 1 N–H and O–H groups in total. The van der Waals surface area contributed by atoms with Gasteiger partial charge in [0.2, 0.25) is 6.79 Å². The number of allylic oxidation sites excluding steroid dienone is 5. The third kappa shape index (κ3) is 4.93. The van der Waals surface area contributed by atoms with E-state index in [4.69, 9.17) is 14.0 Å². The van der Waals surface area contributed by atoms with E-state index in [1.54, 1.807) is 19.9 Å². The Kier molecular flexibility index (Phi) is 6.24. The maximum atomic E-state index is 13.6. The second kappa shape index (κ2) is 8.55. The highest BCUT2D eigenvalue weighted by molar-refractivity contribution is 7.87. The van der Waals surface area contributed by atoms with Gasteiger partial charge in [0.15, 0.2) is 6.10 Å². The molecular weight excluding hydrogens is 486 g/mol. The van der Waals surface area contributed by atoms with Gasteiger partial charge < -0.3 is 14.2 Å². The minimum absolute atomic E-state index is 0.195. The van der Waals surface area contributed by atoms with Crippen molar-refractivity contribution >= 4 is 22.1 Å². The van der Waals surface area contributed by atoms with E-state index in [2.05, 4.69) is 24.7 Å². The third-order valence-electron chi connectivity index (χ3n) is 6.74. The number of halogens is 2. The Labute approximate surface area is 202 Å². The van der Waals surface area contributed by atoms with Gasteiger partial charge in [-0.15, -0.1) is 0 Å². The van der Waals surface area contributed by atoms with Crippen LogP contribution in [0.2, 0.25) is 0 Å². The summed E-state index contributed by atoms with van der Waals surface area (Å²) >= 11 is 0. The van der Waals surface area contributed by atoms with E-state index in [0.717, 1.165) is 24.2 Å². The molecule has 5 unspecified atom stereocenters. The second-order valence-electron chi connectivity index (χ2n) is 10.1. The van der Waals surface area contributed by atoms with Crippen LogP contribution in [0.15, 0.2) is 46.3 Å². The average Bonchev–Trinajstić information content (AvgIpc) is 3.62. The molecule has 8 nitrogen and oxygen atoms in total. The van der Waals surface area contributed by atoms with Crippen molar-refractivity contribution in [2.45, 2.75) is 58.3 Å². The molecule has 4 aliphatic rings. The fourth-order valence-electron chi connectivity index (χ4n) is 5.03. The minimum atomic E-state index is -5.98. The van der Waals surface area contributed by atoms with Crippen LogP contribution in [0, 0.1) is 23.2 Å². The van der Waals surface area contributed by atoms with E-state index < -0.39 is 38.8 Å². The van der Waals surface area contributed by atoms with Gasteiger partial charge >= 0.3 is 27.3 Å². The molecule has 0 radical (unpaired) electrons. The molecule has 35 heavy (non-hydrogen) atoms. The van der Waals surface area contributed by atoms with Crippen molar-refractivity contribution in [1.82, 2.24) is 0 Å². The molecule has 0 heterocycles. The number of hydrogen-bond acceptors (Lipinski definition) is 7. The van der Waals surface area contributed by atoms with Crippen LogP contribution in [-0.2, 0) is 33.9 Å². The Morgan fingerprint density at radius 2 is 1.86 bits per heavy atom. The summed E-state index contributed by atoms with van der Waals surface area (Å²) in [6, 6.07) is 0. The molecule has 2 fully saturated rings. The number of rotatable bonds is 7. The summed E-state index contributed by atoms with van der Waals surface area (Å²) in [7, 11) is -5.98. The molecule has 192 valence electrons. The van der Waals surface area contributed by atoms with Crippen molar-refractivity contribution in [2.24, 2.45) is 23.2 Å². The average molecular weight is 515 g/mol. The van der Waals surface area contributed by atoms with E-state index >= 15 is 0 Å². The lowest BCUT2D eigenvalue weighted by molar-refractivity contribution is -0.163. The van der Waals surface area contributed by atoms with Crippen LogP contribution in [0.4, 0.5) is 8.78 Å². The number of esters is 2. The zero-order valence-electron chi connectivity index (χ0n) is 19.8. The van der Waals surface area contributed by atoms with Crippen molar-refractivity contribution < 1.29 is 45.6 Å². The molecule has 0 spiro atoms. The molecule has 4 aliphatic carbocycles. The first-order valence-corrected chi connectivity index (χ1v) is 12.8. The van der Waals surface area contributed by atoms with E-state index in [9.17, 15) is 26.8 Å². The number of fused-ring (bicyclic) bond motifs is 2. The third-order valence-corrected chi connectivity index (χ3v) is 7.56. The van der Waals surface area contributed by atoms with Gasteiger partial charge in [-0.25, -0.2) is 4.79 Å². The summed E-state index contributed by atoms with van der Waals surface area (Å²) in [6.45, 7) is 7.38. The molecule has 2 saturated carbocycles. The maximum absolute atomic E-state index is 13.6. The van der Waals surface area contributed by atoms with E-state index in [-0.39, 0.29) is 18.6 Å². The molecule has 11 heteroatoms. The van der Waals surface area contributed by atoms with Crippen molar-refractivity contribution in [3.8, 4) is 0 Å². The van der Waals surface area contributed by atoms with Crippen molar-refractivity contribution in [2.75, 3.05) is 6.79 Å². The maximum Gasteiger partial charge on any atom is 0.465 e. The Balaban J connectivity index is 1.41. The molecule has 0 aliphatic heterocycles. The second-order valence-corrected chi connectivity index (χ2v) is 11.6. The lowest BCUT2D eigenvalue weighted by Gasteiger charge is -2.26. The van der Waals surface area contributed by atoms with Gasteiger partial charge in [-0.05, 0) is 42.7 Å². The molecule has 0 amide bonds. The first kappa shape index (κ1) is 25.6. The van der Waals surface area contributed by atoms with Gasteiger partial charge in [0, 0.05) is 23.5 Å². The summed E-state index contributed by atoms with van der Waals surface area (Å²) in [5.74, 6) is -1.70. The summed E-state index contributed by atoms with van der Waals surface area (Å²) < 4.78 is 73.3. The monoisotopic (exact) mass is 514 g/mol. The van der Waals surface area contributed by atoms with E-state index in [0.29, 0.717) is 23.5 Å². The zero-order chi connectivity index (χ0) is 25.9. The zero-order valence-corrected chi connectivity index (χ0v) is 20.7. The fourth-order valence-corrected chi connectivity index (χ4v) is 5.29. The number of alkyl halides is 2. The topological polar surface area (TPSA) is 116 Å². The summed E-state index contributed by atoms with van der Waals surface area (Å²) in [5.41, 5.74) is 2.00. The first-order valence-electron chi connectivity index (χ1n) is 11.4. The molecule has 0 aromatic rings. The number of carbonyl (C=O) groups excluding carboxylic acids is 2. The molecule has 5 atom stereocenters. The van der Waals surface area contributed by atoms with Gasteiger partial charge in [-0.2, -0.15) is 17.2 Å². The molecule has 0 bridgehead atoms. The molecular formula is C24H28F2O8S. The minimum Gasteiger partial charge on any atom is -0.461 e. The van der Waals surface area contributed by atoms with Gasteiger partial charge in [0.1, 0.15) is 5.76 Å². The number of ether oxygens (including phenoxy) is 3. The highest BCUT2D eigenvalue weighted by atomic mass is 32.2. The largest absolute Gasteiger partial charge is 0.465 e. The van der Waals surface area contributed by atoms with Gasteiger partial charge in [-0.1, -0.05) is 39.0 Å². The highest BCUT2D eigenvalue weighted by Crippen LogP contribution is 2.50. The summed E-state index contributed by atoms with van der Waals surface area (Å²) in [5, 5.41) is -5.10. The first-order chi connectivity index (χ1) is 16.1. The van der Waals surface area contributed by atoms with Crippen LogP contribution in [-0.4, -0.2) is 43.1 Å². The smallest absolute Gasteiger partial charge is 0.461 e. The van der Waals surface area contributed by atoms with Crippen LogP contribution >= 0.6 is 0 Å². The number of carbonyl (C=O) groups is 2. The Hall–Kier alpha value is -2.53. The molecule has 4 rings (SSSR count). The van der Waals surface area contributed by atoms with Crippen LogP contribution in [0.1, 0.15) is 47.0 Å². The SMILES string of the molecule is CC1C=C2CC2=C(OCOC(=O)C2(C)C=C3C(=CC(C)C2)C3OC(=O)C(F)(F)S(=O)(=O)O)C(C)C1. The van der Waals surface area contributed by atoms with Gasteiger partial charge in [0.25, 0.3) is 0 Å². The normalized spacial score (nSPS) is 32.0.